The van der Waals surface area contributed by atoms with E-state index in [1.54, 1.807) is 4.68 Å². The van der Waals surface area contributed by atoms with Crippen LogP contribution in [0.15, 0.2) is 59.4 Å². The molecular formula is C17H16N2O. The molecule has 0 saturated heterocycles. The van der Waals surface area contributed by atoms with E-state index in [2.05, 4.69) is 5.10 Å². The highest BCUT2D eigenvalue weighted by molar-refractivity contribution is 5.80. The summed E-state index contributed by atoms with van der Waals surface area (Å²) in [6, 6.07) is 18.0. The number of hydrogen-bond donors (Lipinski definition) is 1. The summed E-state index contributed by atoms with van der Waals surface area (Å²) in [5.74, 6) is 0. The maximum Gasteiger partial charge on any atom is 0.272 e. The van der Waals surface area contributed by atoms with Crippen LogP contribution in [0.2, 0.25) is 0 Å². The average Bonchev–Trinajstić information content (AvgIpc) is 2.75. The molecule has 0 fully saturated rings. The summed E-state index contributed by atoms with van der Waals surface area (Å²) in [5, 5.41) is 2.85. The van der Waals surface area contributed by atoms with Gasteiger partial charge in [0.05, 0.1) is 11.3 Å². The lowest BCUT2D eigenvalue weighted by atomic mass is 10.0. The van der Waals surface area contributed by atoms with Gasteiger partial charge in [0.15, 0.2) is 0 Å². The van der Waals surface area contributed by atoms with Crippen LogP contribution in [-0.2, 0) is 7.05 Å². The van der Waals surface area contributed by atoms with Crippen LogP contribution in [0.1, 0.15) is 5.56 Å². The molecule has 3 nitrogen and oxygen atoms in total. The minimum Gasteiger partial charge on any atom is -0.287 e. The number of aromatic nitrogens is 2. The lowest BCUT2D eigenvalue weighted by Gasteiger charge is -2.06. The predicted octanol–water partition coefficient (Wildman–Crippen LogP) is 3.36. The van der Waals surface area contributed by atoms with Gasteiger partial charge in [-0.2, -0.15) is 0 Å². The van der Waals surface area contributed by atoms with Gasteiger partial charge in [0.25, 0.3) is 5.56 Å². The second-order valence-electron chi connectivity index (χ2n) is 4.96. The summed E-state index contributed by atoms with van der Waals surface area (Å²) >= 11 is 0. The summed E-state index contributed by atoms with van der Waals surface area (Å²) in [5.41, 5.74) is 4.73. The number of hydrogen-bond acceptors (Lipinski definition) is 1. The lowest BCUT2D eigenvalue weighted by molar-refractivity contribution is 0.764. The normalized spacial score (nSPS) is 10.7. The Kier molecular flexibility index (Phi) is 3.03. The van der Waals surface area contributed by atoms with Crippen molar-refractivity contribution >= 4 is 0 Å². The molecule has 0 aliphatic rings. The number of aryl methyl sites for hydroxylation is 2. The van der Waals surface area contributed by atoms with Gasteiger partial charge in [-0.05, 0) is 12.5 Å². The molecule has 0 spiro atoms. The smallest absolute Gasteiger partial charge is 0.272 e. The van der Waals surface area contributed by atoms with Crippen molar-refractivity contribution < 1.29 is 0 Å². The van der Waals surface area contributed by atoms with E-state index in [4.69, 9.17) is 0 Å². The highest BCUT2D eigenvalue weighted by Crippen LogP contribution is 2.28. The van der Waals surface area contributed by atoms with Crippen molar-refractivity contribution in [1.82, 2.24) is 9.78 Å². The minimum atomic E-state index is -0.0600. The van der Waals surface area contributed by atoms with Crippen molar-refractivity contribution in [2.45, 2.75) is 6.92 Å². The maximum absolute atomic E-state index is 12.2. The van der Waals surface area contributed by atoms with E-state index < -0.39 is 0 Å². The molecule has 2 aromatic carbocycles. The fourth-order valence-corrected chi connectivity index (χ4v) is 2.46. The van der Waals surface area contributed by atoms with E-state index in [0.29, 0.717) is 0 Å². The lowest BCUT2D eigenvalue weighted by Crippen LogP contribution is -2.03. The molecule has 3 aromatic rings. The Morgan fingerprint density at radius 1 is 0.900 bits per heavy atom. The van der Waals surface area contributed by atoms with Gasteiger partial charge in [0.1, 0.15) is 0 Å². The SMILES string of the molecule is Cc1ccc(-c2c(-c3ccccc3)n(C)[nH]c2=O)cc1. The minimum absolute atomic E-state index is 0.0600. The third-order valence-electron chi connectivity index (χ3n) is 3.46. The molecule has 20 heavy (non-hydrogen) atoms. The van der Waals surface area contributed by atoms with E-state index in [-0.39, 0.29) is 5.56 Å². The van der Waals surface area contributed by atoms with Crippen LogP contribution in [-0.4, -0.2) is 9.78 Å². The van der Waals surface area contributed by atoms with E-state index in [1.807, 2.05) is 68.6 Å². The van der Waals surface area contributed by atoms with Crippen molar-refractivity contribution in [2.75, 3.05) is 0 Å². The van der Waals surface area contributed by atoms with Crippen LogP contribution < -0.4 is 5.56 Å². The Labute approximate surface area is 117 Å². The molecule has 0 unspecified atom stereocenters. The molecule has 1 heterocycles. The largest absolute Gasteiger partial charge is 0.287 e. The van der Waals surface area contributed by atoms with E-state index in [1.165, 1.54) is 5.56 Å². The standard InChI is InChI=1S/C17H16N2O/c1-12-8-10-13(11-9-12)15-16(19(2)18-17(15)20)14-6-4-3-5-7-14/h3-11H,1-2H3,(H,18,20). The molecule has 0 aliphatic carbocycles. The van der Waals surface area contributed by atoms with Crippen molar-refractivity contribution in [1.29, 1.82) is 0 Å². The second-order valence-corrected chi connectivity index (χ2v) is 4.96. The first-order valence-electron chi connectivity index (χ1n) is 6.58. The molecule has 1 aromatic heterocycles. The first-order valence-corrected chi connectivity index (χ1v) is 6.58. The predicted molar refractivity (Wildman–Crippen MR) is 81.6 cm³/mol. The Hall–Kier alpha value is -2.55. The van der Waals surface area contributed by atoms with Gasteiger partial charge in [-0.25, -0.2) is 0 Å². The van der Waals surface area contributed by atoms with E-state index >= 15 is 0 Å². The van der Waals surface area contributed by atoms with Gasteiger partial charge in [0.2, 0.25) is 0 Å². The first kappa shape index (κ1) is 12.5. The summed E-state index contributed by atoms with van der Waals surface area (Å²) in [7, 11) is 1.86. The van der Waals surface area contributed by atoms with Crippen LogP contribution in [0.4, 0.5) is 0 Å². The molecule has 0 atom stereocenters. The highest BCUT2D eigenvalue weighted by atomic mass is 16.1. The highest BCUT2D eigenvalue weighted by Gasteiger charge is 2.16. The average molecular weight is 264 g/mol. The zero-order valence-corrected chi connectivity index (χ0v) is 11.6. The van der Waals surface area contributed by atoms with Crippen molar-refractivity contribution in [3.63, 3.8) is 0 Å². The number of rotatable bonds is 2. The molecule has 0 radical (unpaired) electrons. The van der Waals surface area contributed by atoms with Crippen LogP contribution >= 0.6 is 0 Å². The molecule has 1 N–H and O–H groups in total. The Morgan fingerprint density at radius 3 is 2.20 bits per heavy atom. The Balaban J connectivity index is 2.26. The number of aromatic amines is 1. The third-order valence-corrected chi connectivity index (χ3v) is 3.46. The summed E-state index contributed by atoms with van der Waals surface area (Å²) in [6.07, 6.45) is 0. The zero-order chi connectivity index (χ0) is 14.1. The third kappa shape index (κ3) is 2.07. The Bertz CT molecular complexity index is 780. The van der Waals surface area contributed by atoms with E-state index in [9.17, 15) is 4.79 Å². The monoisotopic (exact) mass is 264 g/mol. The molecule has 0 bridgehead atoms. The van der Waals surface area contributed by atoms with Crippen LogP contribution in [0.5, 0.6) is 0 Å². The molecule has 0 amide bonds. The second kappa shape index (κ2) is 4.85. The zero-order valence-electron chi connectivity index (χ0n) is 11.6. The molecule has 100 valence electrons. The first-order chi connectivity index (χ1) is 9.66. The topological polar surface area (TPSA) is 37.8 Å². The Morgan fingerprint density at radius 2 is 1.55 bits per heavy atom. The number of H-pyrrole nitrogens is 1. The quantitative estimate of drug-likeness (QED) is 0.757. The van der Waals surface area contributed by atoms with Gasteiger partial charge in [-0.1, -0.05) is 60.2 Å². The van der Waals surface area contributed by atoms with Gasteiger partial charge < -0.3 is 0 Å². The fraction of sp³-hybridized carbons (Fsp3) is 0.118. The summed E-state index contributed by atoms with van der Waals surface area (Å²) in [4.78, 5) is 12.2. The number of nitrogens with zero attached hydrogens (tertiary/aromatic N) is 1. The molecule has 0 aliphatic heterocycles. The fourth-order valence-electron chi connectivity index (χ4n) is 2.46. The summed E-state index contributed by atoms with van der Waals surface area (Å²) in [6.45, 7) is 2.04. The molecule has 3 heteroatoms. The molecular weight excluding hydrogens is 248 g/mol. The van der Waals surface area contributed by atoms with Gasteiger partial charge in [-0.15, -0.1) is 0 Å². The van der Waals surface area contributed by atoms with Crippen LogP contribution in [0.3, 0.4) is 0 Å². The maximum atomic E-state index is 12.2. The number of nitrogens with one attached hydrogen (secondary N) is 1. The summed E-state index contributed by atoms with van der Waals surface area (Å²) < 4.78 is 1.78. The van der Waals surface area contributed by atoms with Crippen LogP contribution in [0.25, 0.3) is 22.4 Å². The van der Waals surface area contributed by atoms with Gasteiger partial charge in [-0.3, -0.25) is 14.6 Å². The van der Waals surface area contributed by atoms with Crippen LogP contribution in [0, 0.1) is 6.92 Å². The van der Waals surface area contributed by atoms with Gasteiger partial charge >= 0.3 is 0 Å². The van der Waals surface area contributed by atoms with E-state index in [0.717, 1.165) is 22.4 Å². The molecule has 0 saturated carbocycles. The van der Waals surface area contributed by atoms with Crippen molar-refractivity contribution in [3.05, 3.63) is 70.5 Å². The molecule has 3 rings (SSSR count). The van der Waals surface area contributed by atoms with Crippen molar-refractivity contribution in [2.24, 2.45) is 7.05 Å². The number of benzene rings is 2. The van der Waals surface area contributed by atoms with Gasteiger partial charge in [0, 0.05) is 12.6 Å². The van der Waals surface area contributed by atoms with Crippen molar-refractivity contribution in [3.8, 4) is 22.4 Å².